The van der Waals surface area contributed by atoms with Crippen molar-refractivity contribution in [3.63, 3.8) is 0 Å². The number of urea groups is 1. The van der Waals surface area contributed by atoms with Crippen molar-refractivity contribution in [2.24, 2.45) is 29.4 Å². The lowest BCUT2D eigenvalue weighted by Crippen LogP contribution is -2.47. The van der Waals surface area contributed by atoms with Crippen LogP contribution in [0.25, 0.3) is 0 Å². The van der Waals surface area contributed by atoms with Gasteiger partial charge in [0.05, 0.1) is 31.9 Å². The Labute approximate surface area is 288 Å². The molecule has 1 aromatic carbocycles. The fourth-order valence-electron chi connectivity index (χ4n) is 5.27. The summed E-state index contributed by atoms with van der Waals surface area (Å²) in [6, 6.07) is 5.13. The summed E-state index contributed by atoms with van der Waals surface area (Å²) in [7, 11) is 0. The molecule has 49 heavy (non-hydrogen) atoms. The summed E-state index contributed by atoms with van der Waals surface area (Å²) >= 11 is 0. The number of nitrogens with two attached hydrogens (primary N) is 1. The molecule has 1 aromatic rings. The molecule has 1 aliphatic rings. The normalized spacial score (nSPS) is 15.8. The molecule has 5 amide bonds. The number of ketones is 2. The molecule has 1 saturated heterocycles. The predicted molar refractivity (Wildman–Crippen MR) is 179 cm³/mol. The van der Waals surface area contributed by atoms with E-state index in [1.54, 1.807) is 38.1 Å². The Hall–Kier alpha value is -4.33. The minimum absolute atomic E-state index is 0.00186. The van der Waals surface area contributed by atoms with Gasteiger partial charge in [-0.15, -0.1) is 0 Å². The molecule has 14 heteroatoms. The average molecular weight is 689 g/mol. The summed E-state index contributed by atoms with van der Waals surface area (Å²) in [5.74, 6) is -2.58. The third kappa shape index (κ3) is 14.4. The lowest BCUT2D eigenvalue weighted by atomic mass is 9.88. The van der Waals surface area contributed by atoms with Gasteiger partial charge in [0.2, 0.25) is 17.7 Å². The molecule has 3 atom stereocenters. The number of ether oxygens (including phenoxy) is 3. The van der Waals surface area contributed by atoms with Crippen LogP contribution >= 0.6 is 0 Å². The first-order valence-electron chi connectivity index (χ1n) is 16.8. The molecule has 2 rings (SSSR count). The second kappa shape index (κ2) is 20.2. The van der Waals surface area contributed by atoms with Gasteiger partial charge in [-0.3, -0.25) is 28.9 Å². The number of nitrogens with zero attached hydrogens (tertiary/aromatic N) is 1. The van der Waals surface area contributed by atoms with E-state index in [-0.39, 0.29) is 112 Å². The first kappa shape index (κ1) is 40.8. The van der Waals surface area contributed by atoms with Crippen molar-refractivity contribution in [2.45, 2.75) is 92.4 Å². The number of hydrogen-bond donors (Lipinski definition) is 3. The highest BCUT2D eigenvalue weighted by Crippen LogP contribution is 2.26. The maximum Gasteiger partial charge on any atom is 0.508 e. The zero-order valence-corrected chi connectivity index (χ0v) is 29.5. The second-order valence-electron chi connectivity index (χ2n) is 13.2. The van der Waals surface area contributed by atoms with E-state index < -0.39 is 30.1 Å². The molecule has 1 heterocycles. The number of nitrogens with one attached hydrogen (secondary N) is 2. The topological polar surface area (TPSA) is 200 Å². The van der Waals surface area contributed by atoms with Crippen molar-refractivity contribution < 1.29 is 47.8 Å². The van der Waals surface area contributed by atoms with Gasteiger partial charge in [0, 0.05) is 44.1 Å². The van der Waals surface area contributed by atoms with Crippen molar-refractivity contribution >= 4 is 41.5 Å². The molecule has 0 spiro atoms. The van der Waals surface area contributed by atoms with Crippen molar-refractivity contribution in [3.05, 3.63) is 35.4 Å². The van der Waals surface area contributed by atoms with Gasteiger partial charge in [-0.1, -0.05) is 52.0 Å². The van der Waals surface area contributed by atoms with E-state index in [0.717, 1.165) is 0 Å². The van der Waals surface area contributed by atoms with Crippen LogP contribution in [0.4, 0.5) is 9.59 Å². The van der Waals surface area contributed by atoms with E-state index in [9.17, 15) is 33.6 Å². The Morgan fingerprint density at radius 2 is 1.61 bits per heavy atom. The molecule has 0 radical (unpaired) electrons. The third-order valence-electron chi connectivity index (χ3n) is 8.18. The first-order chi connectivity index (χ1) is 23.1. The molecule has 1 unspecified atom stereocenters. The summed E-state index contributed by atoms with van der Waals surface area (Å²) in [6.07, 6.45) is -0.849. The summed E-state index contributed by atoms with van der Waals surface area (Å²) < 4.78 is 15.5. The van der Waals surface area contributed by atoms with Crippen molar-refractivity contribution in [1.82, 2.24) is 15.5 Å². The van der Waals surface area contributed by atoms with Crippen molar-refractivity contribution in [3.8, 4) is 0 Å². The maximum atomic E-state index is 13.4. The van der Waals surface area contributed by atoms with Crippen molar-refractivity contribution in [1.29, 1.82) is 0 Å². The highest BCUT2D eigenvalue weighted by molar-refractivity contribution is 6.03. The Morgan fingerprint density at radius 1 is 0.959 bits per heavy atom. The Balaban J connectivity index is 1.92. The molecule has 0 saturated carbocycles. The minimum Gasteiger partial charge on any atom is -0.432 e. The van der Waals surface area contributed by atoms with E-state index in [2.05, 4.69) is 10.6 Å². The zero-order chi connectivity index (χ0) is 36.7. The summed E-state index contributed by atoms with van der Waals surface area (Å²) in [6.45, 7) is 11.2. The van der Waals surface area contributed by atoms with E-state index >= 15 is 0 Å². The number of Topliss-reactive ketones (excluding diaryl/α,β-unsaturated/α-hetero) is 2. The average Bonchev–Trinajstić information content (AvgIpc) is 3.30. The third-order valence-corrected chi connectivity index (χ3v) is 8.18. The lowest BCUT2D eigenvalue weighted by molar-refractivity contribution is -0.140. The van der Waals surface area contributed by atoms with Gasteiger partial charge < -0.3 is 30.6 Å². The van der Waals surface area contributed by atoms with Crippen LogP contribution in [0.2, 0.25) is 0 Å². The fourth-order valence-corrected chi connectivity index (χ4v) is 5.27. The largest absolute Gasteiger partial charge is 0.508 e. The number of amides is 5. The second-order valence-corrected chi connectivity index (χ2v) is 13.2. The lowest BCUT2D eigenvalue weighted by Gasteiger charge is -2.24. The van der Waals surface area contributed by atoms with Crippen LogP contribution in [0.15, 0.2) is 24.3 Å². The number of benzene rings is 1. The quantitative estimate of drug-likeness (QED) is 0.0979. The van der Waals surface area contributed by atoms with Crippen LogP contribution in [0, 0.1) is 23.7 Å². The van der Waals surface area contributed by atoms with E-state index in [1.807, 2.05) is 27.7 Å². The molecule has 4 N–H and O–H groups in total. The number of imide groups is 1. The van der Waals surface area contributed by atoms with E-state index in [1.165, 1.54) is 4.90 Å². The molecule has 0 aliphatic carbocycles. The van der Waals surface area contributed by atoms with Gasteiger partial charge in [-0.25, -0.2) is 9.59 Å². The number of primary amides is 1. The van der Waals surface area contributed by atoms with Crippen LogP contribution in [0.3, 0.4) is 0 Å². The molecule has 14 nitrogen and oxygen atoms in total. The number of hydrogen-bond acceptors (Lipinski definition) is 10. The standard InChI is InChI=1S/C35H52N4O10/c1-21(2)27(18-26(40)12-15-47-16-14-39-31(42)19-28(22(3)4)33(39)44)32(43)38-29(11-13-37-34(36)45)30(41)17-24-7-9-25(10-8-24)20-48-35(46)49-23(5)6/h7-10,21-23,27-29H,11-20H2,1-6H3,(H,38,43)(H3,36,37,45)/t27-,28?,29-/m0/s1. The number of carbonyl (C=O) groups excluding carboxylic acids is 7. The molecular formula is C35H52N4O10. The van der Waals surface area contributed by atoms with E-state index in [0.29, 0.717) is 11.1 Å². The Kier molecular flexibility index (Phi) is 16.9. The highest BCUT2D eigenvalue weighted by Gasteiger charge is 2.39. The van der Waals surface area contributed by atoms with Gasteiger partial charge in [0.15, 0.2) is 5.78 Å². The SMILES string of the molecule is CC(C)OC(=O)OCc1ccc(CC(=O)[C@H](CCNC(N)=O)NC(=O)[C@@H](CC(=O)CCOCCN2C(=O)CC(C(C)C)C2=O)C(C)C)cc1. The van der Waals surface area contributed by atoms with Gasteiger partial charge in [-0.05, 0) is 43.2 Å². The molecular weight excluding hydrogens is 636 g/mol. The first-order valence-corrected chi connectivity index (χ1v) is 16.8. The molecule has 0 bridgehead atoms. The van der Waals surface area contributed by atoms with Crippen LogP contribution in [-0.2, 0) is 51.2 Å². The Bertz CT molecular complexity index is 1310. The molecule has 1 aliphatic heterocycles. The van der Waals surface area contributed by atoms with Gasteiger partial charge in [0.1, 0.15) is 12.4 Å². The monoisotopic (exact) mass is 688 g/mol. The van der Waals surface area contributed by atoms with Gasteiger partial charge in [0.25, 0.3) is 0 Å². The van der Waals surface area contributed by atoms with Crippen LogP contribution in [0.1, 0.15) is 78.4 Å². The van der Waals surface area contributed by atoms with Crippen LogP contribution in [-0.4, -0.2) is 84.8 Å². The molecule has 1 fully saturated rings. The fraction of sp³-hybridized carbons (Fsp3) is 0.629. The predicted octanol–water partition coefficient (Wildman–Crippen LogP) is 3.07. The van der Waals surface area contributed by atoms with Crippen molar-refractivity contribution in [2.75, 3.05) is 26.3 Å². The number of carbonyl (C=O) groups is 7. The Morgan fingerprint density at radius 3 is 2.18 bits per heavy atom. The summed E-state index contributed by atoms with van der Waals surface area (Å²) in [5, 5.41) is 5.21. The summed E-state index contributed by atoms with van der Waals surface area (Å²) in [4.78, 5) is 88.3. The molecule has 0 aromatic heterocycles. The van der Waals surface area contributed by atoms with Gasteiger partial charge >= 0.3 is 12.2 Å². The minimum atomic E-state index is -0.959. The summed E-state index contributed by atoms with van der Waals surface area (Å²) in [5.41, 5.74) is 6.54. The van der Waals surface area contributed by atoms with E-state index in [4.69, 9.17) is 19.9 Å². The maximum absolute atomic E-state index is 13.4. The zero-order valence-electron chi connectivity index (χ0n) is 29.5. The van der Waals surface area contributed by atoms with Crippen LogP contribution in [0.5, 0.6) is 0 Å². The van der Waals surface area contributed by atoms with Crippen LogP contribution < -0.4 is 16.4 Å². The molecule has 272 valence electrons. The number of rotatable bonds is 21. The van der Waals surface area contributed by atoms with Gasteiger partial charge in [-0.2, -0.15) is 0 Å². The highest BCUT2D eigenvalue weighted by atomic mass is 16.7. The smallest absolute Gasteiger partial charge is 0.432 e. The number of likely N-dealkylation sites (tertiary alicyclic amines) is 1.